The normalized spacial score (nSPS) is 15.1. The van der Waals surface area contributed by atoms with Gasteiger partial charge in [-0.1, -0.05) is 25.0 Å². The molecule has 1 heteroatoms. The molecule has 0 aliphatic heterocycles. The molecule has 1 atom stereocenters. The van der Waals surface area contributed by atoms with Gasteiger partial charge in [-0.15, -0.1) is 0 Å². The van der Waals surface area contributed by atoms with E-state index in [-0.39, 0.29) is 0 Å². The highest BCUT2D eigenvalue weighted by Gasteiger charge is 2.06. The Kier molecular flexibility index (Phi) is 6.97. The van der Waals surface area contributed by atoms with Crippen LogP contribution < -0.4 is 0 Å². The van der Waals surface area contributed by atoms with Gasteiger partial charge in [-0.3, -0.25) is 0 Å². The maximum absolute atomic E-state index is 2.45. The summed E-state index contributed by atoms with van der Waals surface area (Å²) in [5, 5.41) is 0. The van der Waals surface area contributed by atoms with E-state index in [9.17, 15) is 0 Å². The lowest BCUT2D eigenvalue weighted by Gasteiger charge is -2.24. The minimum atomic E-state index is 0.731. The lowest BCUT2D eigenvalue weighted by molar-refractivity contribution is 0.247. The molecule has 0 aliphatic carbocycles. The molecule has 0 spiro atoms. The van der Waals surface area contributed by atoms with Crippen molar-refractivity contribution in [2.75, 3.05) is 13.6 Å². The summed E-state index contributed by atoms with van der Waals surface area (Å²) >= 11 is 0. The summed E-state index contributed by atoms with van der Waals surface area (Å²) in [6.07, 6.45) is 6.01. The van der Waals surface area contributed by atoms with Crippen molar-refractivity contribution in [1.29, 1.82) is 0 Å². The minimum absolute atomic E-state index is 0.731. The molecule has 0 saturated carbocycles. The average Bonchev–Trinajstić information content (AvgIpc) is 2.13. The van der Waals surface area contributed by atoms with Crippen molar-refractivity contribution in [3.05, 3.63) is 11.6 Å². The first-order valence-corrected chi connectivity index (χ1v) is 5.43. The van der Waals surface area contributed by atoms with Gasteiger partial charge in [0.1, 0.15) is 0 Å². The number of nitrogens with zero attached hydrogens (tertiary/aromatic N) is 1. The Morgan fingerprint density at radius 2 is 2.08 bits per heavy atom. The highest BCUT2D eigenvalue weighted by molar-refractivity contribution is 4.95. The van der Waals surface area contributed by atoms with Gasteiger partial charge in [-0.25, -0.2) is 0 Å². The molecule has 13 heavy (non-hydrogen) atoms. The van der Waals surface area contributed by atoms with E-state index >= 15 is 0 Å². The first kappa shape index (κ1) is 12.7. The van der Waals surface area contributed by atoms with Crippen molar-refractivity contribution in [3.63, 3.8) is 0 Å². The van der Waals surface area contributed by atoms with E-state index in [0.29, 0.717) is 0 Å². The fraction of sp³-hybridized carbons (Fsp3) is 0.833. The quantitative estimate of drug-likeness (QED) is 0.570. The van der Waals surface area contributed by atoms with Crippen molar-refractivity contribution in [2.45, 2.75) is 53.0 Å². The standard InChI is InChI=1S/C12H25N/c1-6-8-12(4)13(5)10-9-11(3)7-2/h7,12H,6,8-10H2,1-5H3/b11-7-. The smallest absolute Gasteiger partial charge is 0.00639 e. The molecule has 78 valence electrons. The van der Waals surface area contributed by atoms with Crippen molar-refractivity contribution < 1.29 is 0 Å². The van der Waals surface area contributed by atoms with Crippen LogP contribution in [-0.4, -0.2) is 24.5 Å². The average molecular weight is 183 g/mol. The van der Waals surface area contributed by atoms with E-state index in [1.165, 1.54) is 31.4 Å². The van der Waals surface area contributed by atoms with Gasteiger partial charge in [0.05, 0.1) is 0 Å². The van der Waals surface area contributed by atoms with Crippen LogP contribution >= 0.6 is 0 Å². The molecular weight excluding hydrogens is 158 g/mol. The van der Waals surface area contributed by atoms with E-state index in [4.69, 9.17) is 0 Å². The summed E-state index contributed by atoms with van der Waals surface area (Å²) < 4.78 is 0. The van der Waals surface area contributed by atoms with Crippen molar-refractivity contribution in [1.82, 2.24) is 4.90 Å². The van der Waals surface area contributed by atoms with E-state index in [0.717, 1.165) is 6.04 Å². The molecule has 1 unspecified atom stereocenters. The SMILES string of the molecule is C/C=C(/C)CCN(C)C(C)CCC. The summed E-state index contributed by atoms with van der Waals surface area (Å²) in [6, 6.07) is 0.731. The molecule has 0 amide bonds. The van der Waals surface area contributed by atoms with Gasteiger partial charge in [-0.2, -0.15) is 0 Å². The monoisotopic (exact) mass is 183 g/mol. The molecule has 0 heterocycles. The van der Waals surface area contributed by atoms with Gasteiger partial charge in [0.2, 0.25) is 0 Å². The van der Waals surface area contributed by atoms with Crippen LogP contribution in [0.25, 0.3) is 0 Å². The predicted molar refractivity (Wildman–Crippen MR) is 61.0 cm³/mol. The molecule has 0 saturated heterocycles. The fourth-order valence-corrected chi connectivity index (χ4v) is 1.36. The lowest BCUT2D eigenvalue weighted by atomic mass is 10.1. The zero-order valence-electron chi connectivity index (χ0n) is 9.93. The number of hydrogen-bond donors (Lipinski definition) is 0. The van der Waals surface area contributed by atoms with Gasteiger partial charge in [0, 0.05) is 12.6 Å². The van der Waals surface area contributed by atoms with E-state index in [1.807, 2.05) is 0 Å². The maximum Gasteiger partial charge on any atom is 0.00639 e. The fourth-order valence-electron chi connectivity index (χ4n) is 1.36. The van der Waals surface area contributed by atoms with Gasteiger partial charge in [0.25, 0.3) is 0 Å². The Morgan fingerprint density at radius 1 is 1.46 bits per heavy atom. The first-order chi connectivity index (χ1) is 6.11. The number of allylic oxidation sites excluding steroid dienone is 1. The highest BCUT2D eigenvalue weighted by Crippen LogP contribution is 2.07. The third kappa shape index (κ3) is 5.87. The predicted octanol–water partition coefficient (Wildman–Crippen LogP) is 3.46. The summed E-state index contributed by atoms with van der Waals surface area (Å²) in [6.45, 7) is 10.1. The Labute approximate surface area is 83.8 Å². The van der Waals surface area contributed by atoms with Crippen molar-refractivity contribution >= 4 is 0 Å². The molecule has 0 N–H and O–H groups in total. The van der Waals surface area contributed by atoms with Crippen LogP contribution in [-0.2, 0) is 0 Å². The second-order valence-corrected chi connectivity index (χ2v) is 4.00. The topological polar surface area (TPSA) is 3.24 Å². The summed E-state index contributed by atoms with van der Waals surface area (Å²) in [5.74, 6) is 0. The molecule has 0 aromatic carbocycles. The molecule has 0 aromatic rings. The Balaban J connectivity index is 3.66. The first-order valence-electron chi connectivity index (χ1n) is 5.43. The van der Waals surface area contributed by atoms with Gasteiger partial charge < -0.3 is 4.90 Å². The van der Waals surface area contributed by atoms with Gasteiger partial charge >= 0.3 is 0 Å². The van der Waals surface area contributed by atoms with Crippen LogP contribution in [0.5, 0.6) is 0 Å². The van der Waals surface area contributed by atoms with Crippen LogP contribution in [0.1, 0.15) is 47.0 Å². The second-order valence-electron chi connectivity index (χ2n) is 4.00. The van der Waals surface area contributed by atoms with Crippen LogP contribution in [0.3, 0.4) is 0 Å². The summed E-state index contributed by atoms with van der Waals surface area (Å²) in [7, 11) is 2.23. The summed E-state index contributed by atoms with van der Waals surface area (Å²) in [4.78, 5) is 2.45. The van der Waals surface area contributed by atoms with Crippen molar-refractivity contribution in [3.8, 4) is 0 Å². The Hall–Kier alpha value is -0.300. The van der Waals surface area contributed by atoms with Crippen LogP contribution in [0, 0.1) is 0 Å². The number of hydrogen-bond acceptors (Lipinski definition) is 1. The number of rotatable bonds is 6. The third-order valence-electron chi connectivity index (χ3n) is 2.81. The Bertz CT molecular complexity index is 149. The molecule has 0 aromatic heterocycles. The molecule has 0 bridgehead atoms. The third-order valence-corrected chi connectivity index (χ3v) is 2.81. The molecule has 1 nitrogen and oxygen atoms in total. The molecule has 0 aliphatic rings. The van der Waals surface area contributed by atoms with E-state index in [1.54, 1.807) is 0 Å². The van der Waals surface area contributed by atoms with Gasteiger partial charge in [0.15, 0.2) is 0 Å². The van der Waals surface area contributed by atoms with E-state index in [2.05, 4.69) is 45.7 Å². The molecule has 0 radical (unpaired) electrons. The lowest BCUT2D eigenvalue weighted by Crippen LogP contribution is -2.29. The van der Waals surface area contributed by atoms with Crippen LogP contribution in [0.15, 0.2) is 11.6 Å². The largest absolute Gasteiger partial charge is 0.303 e. The molecule has 0 fully saturated rings. The maximum atomic E-state index is 2.45. The Morgan fingerprint density at radius 3 is 2.54 bits per heavy atom. The highest BCUT2D eigenvalue weighted by atomic mass is 15.1. The second kappa shape index (κ2) is 7.14. The van der Waals surface area contributed by atoms with Crippen molar-refractivity contribution in [2.24, 2.45) is 0 Å². The van der Waals surface area contributed by atoms with Gasteiger partial charge in [-0.05, 0) is 40.7 Å². The summed E-state index contributed by atoms with van der Waals surface area (Å²) in [5.41, 5.74) is 1.50. The zero-order chi connectivity index (χ0) is 10.3. The zero-order valence-corrected chi connectivity index (χ0v) is 9.93. The molecule has 0 rings (SSSR count). The minimum Gasteiger partial charge on any atom is -0.303 e. The van der Waals surface area contributed by atoms with Crippen LogP contribution in [0.4, 0.5) is 0 Å². The van der Waals surface area contributed by atoms with Crippen LogP contribution in [0.2, 0.25) is 0 Å². The van der Waals surface area contributed by atoms with E-state index < -0.39 is 0 Å². The molecular formula is C12H25N.